The molecule has 0 amide bonds. The molecule has 0 bridgehead atoms. The van der Waals surface area contributed by atoms with Crippen molar-refractivity contribution in [2.24, 2.45) is 5.41 Å². The lowest BCUT2D eigenvalue weighted by Gasteiger charge is -2.26. The van der Waals surface area contributed by atoms with E-state index in [0.717, 1.165) is 26.0 Å². The molecule has 0 aromatic carbocycles. The first kappa shape index (κ1) is 13.5. The molecule has 0 saturated heterocycles. The fourth-order valence-corrected chi connectivity index (χ4v) is 1.19. The lowest BCUT2D eigenvalue weighted by molar-refractivity contribution is 0.150. The third-order valence-corrected chi connectivity index (χ3v) is 2.42. The number of hydrogen-bond acceptors (Lipinski definition) is 2. The maximum atomic E-state index is 5.38. The molecule has 0 aliphatic carbocycles. The molecular formula is C12H23NO. The Bertz CT molecular complexity index is 181. The molecule has 82 valence electrons. The quantitative estimate of drug-likeness (QED) is 0.631. The SMILES string of the molecule is C#CC(CC)NCC(C)(C)CCOC. The molecule has 0 aliphatic heterocycles. The van der Waals surface area contributed by atoms with Crippen molar-refractivity contribution in [3.8, 4) is 12.3 Å². The molecule has 1 N–H and O–H groups in total. The summed E-state index contributed by atoms with van der Waals surface area (Å²) < 4.78 is 5.07. The predicted molar refractivity (Wildman–Crippen MR) is 61.2 cm³/mol. The molecule has 2 heteroatoms. The number of rotatable bonds is 7. The largest absolute Gasteiger partial charge is 0.385 e. The van der Waals surface area contributed by atoms with Crippen LogP contribution in [0.2, 0.25) is 0 Å². The van der Waals surface area contributed by atoms with Crippen LogP contribution in [-0.2, 0) is 4.74 Å². The minimum atomic E-state index is 0.205. The van der Waals surface area contributed by atoms with Gasteiger partial charge in [0.05, 0.1) is 6.04 Å². The molecule has 14 heavy (non-hydrogen) atoms. The summed E-state index contributed by atoms with van der Waals surface area (Å²) in [6, 6.07) is 0.205. The molecule has 0 rings (SSSR count). The summed E-state index contributed by atoms with van der Waals surface area (Å²) in [6.07, 6.45) is 7.41. The van der Waals surface area contributed by atoms with Gasteiger partial charge in [0, 0.05) is 20.3 Å². The molecular weight excluding hydrogens is 174 g/mol. The Morgan fingerprint density at radius 2 is 2.14 bits per heavy atom. The molecule has 0 spiro atoms. The summed E-state index contributed by atoms with van der Waals surface area (Å²) in [6.45, 7) is 8.30. The average molecular weight is 197 g/mol. The van der Waals surface area contributed by atoms with Gasteiger partial charge in [0.15, 0.2) is 0 Å². The lowest BCUT2D eigenvalue weighted by Crippen LogP contribution is -2.36. The third-order valence-electron chi connectivity index (χ3n) is 2.42. The van der Waals surface area contributed by atoms with Crippen LogP contribution < -0.4 is 5.32 Å². The van der Waals surface area contributed by atoms with Crippen molar-refractivity contribution in [2.45, 2.75) is 39.7 Å². The van der Waals surface area contributed by atoms with Crippen molar-refractivity contribution in [1.82, 2.24) is 5.32 Å². The minimum absolute atomic E-state index is 0.205. The van der Waals surface area contributed by atoms with Crippen LogP contribution in [0.25, 0.3) is 0 Å². The van der Waals surface area contributed by atoms with Crippen molar-refractivity contribution in [2.75, 3.05) is 20.3 Å². The van der Waals surface area contributed by atoms with Crippen molar-refractivity contribution in [3.63, 3.8) is 0 Å². The minimum Gasteiger partial charge on any atom is -0.385 e. The topological polar surface area (TPSA) is 21.3 Å². The molecule has 0 heterocycles. The van der Waals surface area contributed by atoms with Gasteiger partial charge in [0.2, 0.25) is 0 Å². The summed E-state index contributed by atoms with van der Waals surface area (Å²) in [4.78, 5) is 0. The zero-order valence-electron chi connectivity index (χ0n) is 9.89. The second-order valence-electron chi connectivity index (χ2n) is 4.42. The molecule has 0 fully saturated rings. The van der Waals surface area contributed by atoms with E-state index in [0.29, 0.717) is 0 Å². The number of nitrogens with one attached hydrogen (secondary N) is 1. The van der Waals surface area contributed by atoms with Gasteiger partial charge >= 0.3 is 0 Å². The number of terminal acetylenes is 1. The highest BCUT2D eigenvalue weighted by atomic mass is 16.5. The Kier molecular flexibility index (Phi) is 6.61. The average Bonchev–Trinajstić information content (AvgIpc) is 2.16. The molecule has 1 unspecified atom stereocenters. The molecule has 0 aromatic rings. The van der Waals surface area contributed by atoms with Crippen LogP contribution in [0.5, 0.6) is 0 Å². The Balaban J connectivity index is 3.80. The summed E-state index contributed by atoms with van der Waals surface area (Å²) in [5, 5.41) is 3.38. The summed E-state index contributed by atoms with van der Waals surface area (Å²) in [5.74, 6) is 2.74. The lowest BCUT2D eigenvalue weighted by atomic mass is 9.89. The van der Waals surface area contributed by atoms with Crippen LogP contribution in [-0.4, -0.2) is 26.3 Å². The Morgan fingerprint density at radius 1 is 1.50 bits per heavy atom. The second kappa shape index (κ2) is 6.86. The monoisotopic (exact) mass is 197 g/mol. The number of hydrogen-bond donors (Lipinski definition) is 1. The van der Waals surface area contributed by atoms with Gasteiger partial charge in [-0.15, -0.1) is 6.42 Å². The van der Waals surface area contributed by atoms with Gasteiger partial charge in [-0.2, -0.15) is 0 Å². The Labute approximate surface area is 88.4 Å². The fraction of sp³-hybridized carbons (Fsp3) is 0.833. The van der Waals surface area contributed by atoms with Gasteiger partial charge in [0.25, 0.3) is 0 Å². The normalized spacial score (nSPS) is 13.6. The molecule has 0 radical (unpaired) electrons. The Hall–Kier alpha value is -0.520. The highest BCUT2D eigenvalue weighted by Gasteiger charge is 2.18. The fourth-order valence-electron chi connectivity index (χ4n) is 1.19. The van der Waals surface area contributed by atoms with Gasteiger partial charge < -0.3 is 10.1 Å². The maximum absolute atomic E-state index is 5.38. The highest BCUT2D eigenvalue weighted by Crippen LogP contribution is 2.18. The zero-order valence-corrected chi connectivity index (χ0v) is 9.89. The van der Waals surface area contributed by atoms with Gasteiger partial charge in [-0.1, -0.05) is 26.7 Å². The Morgan fingerprint density at radius 3 is 2.57 bits per heavy atom. The van der Waals surface area contributed by atoms with E-state index in [1.165, 1.54) is 0 Å². The standard InChI is InChI=1S/C12H23NO/c1-6-11(7-2)13-10-12(3,4)8-9-14-5/h1,11,13H,7-10H2,2-5H3. The summed E-state index contributed by atoms with van der Waals surface area (Å²) in [7, 11) is 1.74. The van der Waals surface area contributed by atoms with Crippen LogP contribution in [0.15, 0.2) is 0 Å². The van der Waals surface area contributed by atoms with Crippen molar-refractivity contribution < 1.29 is 4.74 Å². The smallest absolute Gasteiger partial charge is 0.0684 e. The number of methoxy groups -OCH3 is 1. The van der Waals surface area contributed by atoms with Gasteiger partial charge in [-0.05, 0) is 18.3 Å². The van der Waals surface area contributed by atoms with E-state index in [1.54, 1.807) is 7.11 Å². The van der Waals surface area contributed by atoms with Crippen molar-refractivity contribution in [3.05, 3.63) is 0 Å². The van der Waals surface area contributed by atoms with E-state index in [4.69, 9.17) is 11.2 Å². The van der Waals surface area contributed by atoms with Gasteiger partial charge in [-0.3, -0.25) is 0 Å². The van der Waals surface area contributed by atoms with Crippen LogP contribution in [0.1, 0.15) is 33.6 Å². The van der Waals surface area contributed by atoms with E-state index >= 15 is 0 Å². The molecule has 0 aliphatic rings. The predicted octanol–water partition coefficient (Wildman–Crippen LogP) is 2.05. The van der Waals surface area contributed by atoms with E-state index in [-0.39, 0.29) is 11.5 Å². The van der Waals surface area contributed by atoms with E-state index in [9.17, 15) is 0 Å². The molecule has 1 atom stereocenters. The van der Waals surface area contributed by atoms with Crippen molar-refractivity contribution >= 4 is 0 Å². The summed E-state index contributed by atoms with van der Waals surface area (Å²) in [5.41, 5.74) is 0.250. The second-order valence-corrected chi connectivity index (χ2v) is 4.42. The van der Waals surface area contributed by atoms with Crippen LogP contribution in [0.3, 0.4) is 0 Å². The summed E-state index contributed by atoms with van der Waals surface area (Å²) >= 11 is 0. The van der Waals surface area contributed by atoms with Crippen molar-refractivity contribution in [1.29, 1.82) is 0 Å². The van der Waals surface area contributed by atoms with Gasteiger partial charge in [0.1, 0.15) is 0 Å². The maximum Gasteiger partial charge on any atom is 0.0684 e. The molecule has 0 saturated carbocycles. The zero-order chi connectivity index (χ0) is 11.0. The molecule has 0 aromatic heterocycles. The highest BCUT2D eigenvalue weighted by molar-refractivity contribution is 4.98. The van der Waals surface area contributed by atoms with E-state index < -0.39 is 0 Å². The van der Waals surface area contributed by atoms with Crippen LogP contribution >= 0.6 is 0 Å². The first-order valence-electron chi connectivity index (χ1n) is 5.24. The third kappa shape index (κ3) is 6.01. The van der Waals surface area contributed by atoms with Gasteiger partial charge in [-0.25, -0.2) is 0 Å². The molecule has 2 nitrogen and oxygen atoms in total. The van der Waals surface area contributed by atoms with Crippen LogP contribution in [0.4, 0.5) is 0 Å². The van der Waals surface area contributed by atoms with E-state index in [1.807, 2.05) is 0 Å². The van der Waals surface area contributed by atoms with E-state index in [2.05, 4.69) is 32.0 Å². The first-order chi connectivity index (χ1) is 6.55. The first-order valence-corrected chi connectivity index (χ1v) is 5.24. The van der Waals surface area contributed by atoms with Crippen LogP contribution in [0, 0.1) is 17.8 Å². The number of ether oxygens (including phenoxy) is 1.